The van der Waals surface area contributed by atoms with Gasteiger partial charge in [0.1, 0.15) is 12.4 Å². The molecule has 3 rings (SSSR count). The summed E-state index contributed by atoms with van der Waals surface area (Å²) in [6.45, 7) is 7.39. The van der Waals surface area contributed by atoms with Gasteiger partial charge in [0.25, 0.3) is 0 Å². The van der Waals surface area contributed by atoms with Crippen LogP contribution in [0, 0.1) is 5.92 Å². The van der Waals surface area contributed by atoms with Gasteiger partial charge in [-0.05, 0) is 59.8 Å². The Morgan fingerprint density at radius 3 is 2.58 bits per heavy atom. The van der Waals surface area contributed by atoms with Crippen molar-refractivity contribution in [3.8, 4) is 5.75 Å². The van der Waals surface area contributed by atoms with Crippen molar-refractivity contribution in [1.82, 2.24) is 0 Å². The molecule has 0 radical (unpaired) electrons. The molecule has 3 unspecified atom stereocenters. The third-order valence-corrected chi connectivity index (χ3v) is 7.22. The summed E-state index contributed by atoms with van der Waals surface area (Å²) in [7, 11) is 0. The minimum atomic E-state index is -0.338. The maximum Gasteiger partial charge on any atom is 0.123 e. The minimum Gasteiger partial charge on any atom is -0.489 e. The molecule has 3 atom stereocenters. The Morgan fingerprint density at radius 1 is 1.06 bits per heavy atom. The fourth-order valence-corrected chi connectivity index (χ4v) is 5.05. The molecule has 4 heteroatoms. The normalized spacial score (nSPS) is 21.4. The maximum absolute atomic E-state index is 10.4. The van der Waals surface area contributed by atoms with Gasteiger partial charge in [-0.2, -0.15) is 0 Å². The van der Waals surface area contributed by atoms with E-state index in [4.69, 9.17) is 4.74 Å². The van der Waals surface area contributed by atoms with Gasteiger partial charge < -0.3 is 15.1 Å². The van der Waals surface area contributed by atoms with Gasteiger partial charge in [-0.3, -0.25) is 0 Å². The Labute approximate surface area is 199 Å². The van der Waals surface area contributed by atoms with Crippen LogP contribution >= 0.6 is 0 Å². The van der Waals surface area contributed by atoms with Crippen LogP contribution in [0.5, 0.6) is 5.75 Å². The van der Waals surface area contributed by atoms with Gasteiger partial charge in [0.15, 0.2) is 0 Å². The molecular formula is C29H41NO3. The Hall–Kier alpha value is -2.33. The molecule has 0 bridgehead atoms. The van der Waals surface area contributed by atoms with Gasteiger partial charge in [-0.15, -0.1) is 5.16 Å². The van der Waals surface area contributed by atoms with Crippen LogP contribution < -0.4 is 4.74 Å². The van der Waals surface area contributed by atoms with Crippen molar-refractivity contribution in [2.24, 2.45) is 11.1 Å². The Bertz CT molecular complexity index is 878. The van der Waals surface area contributed by atoms with Gasteiger partial charge in [0.2, 0.25) is 0 Å². The number of unbranched alkanes of at least 4 members (excludes halogenated alkanes) is 3. The average Bonchev–Trinajstić information content (AvgIpc) is 2.82. The first-order valence-electron chi connectivity index (χ1n) is 12.6. The predicted molar refractivity (Wildman–Crippen MR) is 135 cm³/mol. The molecule has 0 aliphatic heterocycles. The third-order valence-electron chi connectivity index (χ3n) is 7.22. The first-order chi connectivity index (χ1) is 15.9. The number of nitrogens with zero attached hydrogens (tertiary/aromatic N) is 1. The van der Waals surface area contributed by atoms with E-state index in [1.807, 2.05) is 18.2 Å². The number of ether oxygens (including phenoxy) is 1. The van der Waals surface area contributed by atoms with Gasteiger partial charge in [-0.1, -0.05) is 88.9 Å². The van der Waals surface area contributed by atoms with Crippen molar-refractivity contribution in [1.29, 1.82) is 0 Å². The summed E-state index contributed by atoms with van der Waals surface area (Å²) in [4.78, 5) is 0. The molecule has 2 aromatic rings. The van der Waals surface area contributed by atoms with Crippen LogP contribution in [-0.4, -0.2) is 22.6 Å². The molecule has 0 amide bonds. The quantitative estimate of drug-likeness (QED) is 0.164. The Morgan fingerprint density at radius 2 is 1.85 bits per heavy atom. The number of aliphatic hydroxyl groups excluding tert-OH is 1. The van der Waals surface area contributed by atoms with Crippen LogP contribution in [-0.2, 0) is 12.0 Å². The van der Waals surface area contributed by atoms with Crippen molar-refractivity contribution in [2.45, 2.75) is 96.2 Å². The van der Waals surface area contributed by atoms with E-state index in [2.05, 4.69) is 56.3 Å². The van der Waals surface area contributed by atoms with Crippen molar-refractivity contribution in [3.63, 3.8) is 0 Å². The molecular weight excluding hydrogens is 410 g/mol. The van der Waals surface area contributed by atoms with Gasteiger partial charge in [0.05, 0.1) is 6.10 Å². The molecule has 0 spiro atoms. The van der Waals surface area contributed by atoms with Gasteiger partial charge in [-0.25, -0.2) is 0 Å². The smallest absolute Gasteiger partial charge is 0.123 e. The molecule has 1 saturated carbocycles. The number of aliphatic hydroxyl groups is 1. The first kappa shape index (κ1) is 25.3. The van der Waals surface area contributed by atoms with Crippen LogP contribution in [0.15, 0.2) is 53.7 Å². The number of benzene rings is 2. The first-order valence-corrected chi connectivity index (χ1v) is 12.6. The average molecular weight is 452 g/mol. The Balaban J connectivity index is 1.90. The second-order valence-corrected chi connectivity index (χ2v) is 10.2. The topological polar surface area (TPSA) is 62.1 Å². The fraction of sp³-hybridized carbons (Fsp3) is 0.552. The Kier molecular flexibility index (Phi) is 9.37. The van der Waals surface area contributed by atoms with Crippen molar-refractivity contribution in [3.05, 3.63) is 65.2 Å². The maximum atomic E-state index is 10.4. The van der Waals surface area contributed by atoms with E-state index in [9.17, 15) is 10.3 Å². The zero-order chi connectivity index (χ0) is 23.7. The molecule has 1 aliphatic rings. The van der Waals surface area contributed by atoms with Crippen molar-refractivity contribution in [2.75, 3.05) is 0 Å². The number of rotatable bonds is 11. The van der Waals surface area contributed by atoms with Crippen LogP contribution in [0.1, 0.15) is 94.7 Å². The summed E-state index contributed by atoms with van der Waals surface area (Å²) >= 11 is 0. The van der Waals surface area contributed by atoms with E-state index < -0.39 is 0 Å². The molecule has 1 aliphatic carbocycles. The van der Waals surface area contributed by atoms with E-state index in [0.29, 0.717) is 13.0 Å². The number of hydrogen-bond donors (Lipinski definition) is 2. The van der Waals surface area contributed by atoms with Crippen molar-refractivity contribution < 1.29 is 15.1 Å². The second-order valence-electron chi connectivity index (χ2n) is 10.2. The lowest BCUT2D eigenvalue weighted by atomic mass is 9.73. The van der Waals surface area contributed by atoms with E-state index >= 15 is 0 Å². The summed E-state index contributed by atoms with van der Waals surface area (Å²) in [6.07, 6.45) is 9.67. The summed E-state index contributed by atoms with van der Waals surface area (Å²) in [5.74, 6) is 1.04. The van der Waals surface area contributed by atoms with Crippen LogP contribution in [0.3, 0.4) is 0 Å². The van der Waals surface area contributed by atoms with Gasteiger partial charge in [0, 0.05) is 12.1 Å². The highest BCUT2D eigenvalue weighted by Crippen LogP contribution is 2.43. The van der Waals surface area contributed by atoms with E-state index in [-0.39, 0.29) is 23.4 Å². The zero-order valence-electron chi connectivity index (χ0n) is 20.5. The molecule has 4 nitrogen and oxygen atoms in total. The molecule has 2 aromatic carbocycles. The lowest BCUT2D eigenvalue weighted by Gasteiger charge is -2.34. The zero-order valence-corrected chi connectivity index (χ0v) is 20.5. The predicted octanol–water partition coefficient (Wildman–Crippen LogP) is 7.22. The number of hydrogen-bond acceptors (Lipinski definition) is 4. The standard InChI is InChI=1S/C29H41NO3/c1-4-5-6-10-17-29(2,3)24-14-16-26(27-19-25(31)15-13-23(27)20-30-32)28(18-24)33-21-22-11-8-7-9-12-22/h7-9,11-12,14,16,18,20,23,25,27,31-32H,4-6,10,13,15,17,19,21H2,1-3H3/b30-20+. The van der Waals surface area contributed by atoms with E-state index in [0.717, 1.165) is 36.1 Å². The lowest BCUT2D eigenvalue weighted by molar-refractivity contribution is 0.107. The largest absolute Gasteiger partial charge is 0.489 e. The summed E-state index contributed by atoms with van der Waals surface area (Å²) in [6, 6.07) is 16.9. The summed E-state index contributed by atoms with van der Waals surface area (Å²) < 4.78 is 6.43. The minimum absolute atomic E-state index is 0.0646. The molecule has 0 aromatic heterocycles. The summed E-state index contributed by atoms with van der Waals surface area (Å²) in [5.41, 5.74) is 3.58. The van der Waals surface area contributed by atoms with Crippen molar-refractivity contribution >= 4 is 6.21 Å². The van der Waals surface area contributed by atoms with E-state index in [1.165, 1.54) is 31.2 Å². The summed E-state index contributed by atoms with van der Waals surface area (Å²) in [5, 5.41) is 23.0. The van der Waals surface area contributed by atoms with Crippen LogP contribution in [0.2, 0.25) is 0 Å². The monoisotopic (exact) mass is 451 g/mol. The third kappa shape index (κ3) is 7.07. The highest BCUT2D eigenvalue weighted by atomic mass is 16.5. The highest BCUT2D eigenvalue weighted by Gasteiger charge is 2.33. The molecule has 0 saturated heterocycles. The molecule has 180 valence electrons. The van der Waals surface area contributed by atoms with Crippen LogP contribution in [0.25, 0.3) is 0 Å². The van der Waals surface area contributed by atoms with Gasteiger partial charge >= 0.3 is 0 Å². The number of oxime groups is 1. The van der Waals surface area contributed by atoms with Crippen LogP contribution in [0.4, 0.5) is 0 Å². The lowest BCUT2D eigenvalue weighted by Crippen LogP contribution is -2.28. The molecule has 0 heterocycles. The molecule has 33 heavy (non-hydrogen) atoms. The molecule has 1 fully saturated rings. The second kappa shape index (κ2) is 12.2. The fourth-order valence-electron chi connectivity index (χ4n) is 5.05. The SMILES string of the molecule is CCCCCCC(C)(C)c1ccc(C2CC(O)CCC2/C=N/O)c(OCc2ccccc2)c1. The van der Waals surface area contributed by atoms with E-state index in [1.54, 1.807) is 6.21 Å². The highest BCUT2D eigenvalue weighted by molar-refractivity contribution is 5.63. The molecule has 2 N–H and O–H groups in total.